The molecule has 1 aliphatic heterocycles. The molecule has 6 N–H and O–H groups in total. The Morgan fingerprint density at radius 3 is 2.61 bits per heavy atom. The van der Waals surface area contributed by atoms with Gasteiger partial charge in [0.25, 0.3) is 11.0 Å². The molecule has 15 heteroatoms. The lowest BCUT2D eigenvalue weighted by molar-refractivity contribution is -0.759. The molecule has 3 aliphatic carbocycles. The van der Waals surface area contributed by atoms with Crippen molar-refractivity contribution in [2.75, 3.05) is 40.5 Å². The highest BCUT2D eigenvalue weighted by Crippen LogP contribution is 2.55. The van der Waals surface area contributed by atoms with E-state index in [2.05, 4.69) is 10.2 Å². The number of phenols is 1. The molecule has 5 rings (SSSR count). The van der Waals surface area contributed by atoms with E-state index in [4.69, 9.17) is 0 Å². The quantitative estimate of drug-likeness (QED) is 0.137. The van der Waals surface area contributed by atoms with Crippen LogP contribution in [0.15, 0.2) is 40.9 Å². The minimum Gasteiger partial charge on any atom is -0.510 e. The maximum atomic E-state index is 14.0. The Balaban J connectivity index is 1.50. The molecule has 1 aromatic carbocycles. The molecule has 1 fully saturated rings. The van der Waals surface area contributed by atoms with Gasteiger partial charge in [-0.1, -0.05) is 19.1 Å². The highest BCUT2D eigenvalue weighted by Gasteiger charge is 2.67. The van der Waals surface area contributed by atoms with Crippen molar-refractivity contribution in [3.05, 3.63) is 62.1 Å². The number of Topliss-reactive ketones (excluding diaryl/α,β-unsaturated/α-hetero) is 2. The molecule has 1 heterocycles. The van der Waals surface area contributed by atoms with Gasteiger partial charge in [0.2, 0.25) is 5.78 Å². The van der Waals surface area contributed by atoms with Gasteiger partial charge >= 0.3 is 0 Å². The van der Waals surface area contributed by atoms with Gasteiger partial charge in [-0.25, -0.2) is 0 Å². The van der Waals surface area contributed by atoms with Crippen LogP contribution in [0.5, 0.6) is 5.75 Å². The Bertz CT molecular complexity index is 1470. The Kier molecular flexibility index (Phi) is 8.18. The zero-order chi connectivity index (χ0) is 32.2. The van der Waals surface area contributed by atoms with Gasteiger partial charge in [-0.3, -0.25) is 24.2 Å². The van der Waals surface area contributed by atoms with Gasteiger partial charge in [0.05, 0.1) is 30.3 Å². The number of aromatic hydroxyl groups is 1. The molecular formula is C29H36N4O11. The Morgan fingerprint density at radius 1 is 1.25 bits per heavy atom. The van der Waals surface area contributed by atoms with Crippen LogP contribution in [0.2, 0.25) is 0 Å². The lowest BCUT2D eigenvalue weighted by Crippen LogP contribution is -2.68. The number of likely N-dealkylation sites (tertiary alicyclic amines) is 1. The maximum Gasteiger partial charge on any atom is 0.294 e. The smallest absolute Gasteiger partial charge is 0.294 e. The Labute approximate surface area is 252 Å². The van der Waals surface area contributed by atoms with Crippen LogP contribution in [-0.2, 0) is 14.4 Å². The number of ketones is 2. The first-order valence-electron chi connectivity index (χ1n) is 14.3. The minimum atomic E-state index is -2.97. The molecule has 7 atom stereocenters. The van der Waals surface area contributed by atoms with Crippen LogP contribution in [0.3, 0.4) is 0 Å². The molecule has 1 amide bonds. The van der Waals surface area contributed by atoms with Crippen molar-refractivity contribution in [3.8, 4) is 5.75 Å². The summed E-state index contributed by atoms with van der Waals surface area (Å²) in [7, 11) is 3.00. The number of phenolic OH excluding ortho intramolecular Hbond substituents is 1. The summed E-state index contributed by atoms with van der Waals surface area (Å²) in [5, 5.41) is 69.4. The molecule has 0 bridgehead atoms. The van der Waals surface area contributed by atoms with Crippen LogP contribution in [0, 0.1) is 27.9 Å². The van der Waals surface area contributed by atoms with Crippen molar-refractivity contribution in [2.45, 2.75) is 43.4 Å². The number of aliphatic hydroxyl groups excluding tert-OH is 3. The third kappa shape index (κ3) is 4.80. The number of aliphatic hydroxyl groups is 4. The van der Waals surface area contributed by atoms with Gasteiger partial charge in [0, 0.05) is 18.0 Å². The van der Waals surface area contributed by atoms with Gasteiger partial charge in [0.1, 0.15) is 29.4 Å². The molecule has 4 aliphatic rings. The van der Waals surface area contributed by atoms with Gasteiger partial charge in [-0.15, -0.1) is 10.1 Å². The second-order valence-corrected chi connectivity index (χ2v) is 12.2. The standard InChI is InChI=1S/C29H36N4O11/c1-13-15-7-4-8-16(34)18(15)23(35)19-17(13)24(36)21-22(31(2)3)25(37)20(27(39)29(21,41)26(19)38)28(40)30-12-32-9-5-6-14(10-32)11-44-33(42)43/h4,7-8,13-14,17,21-22,24,34,36-38,41H,5-6,9-12H2,1-3H3,(H,30,40)/t13-,14?,17+,21+,22-,24-,29-/m0/s1. The summed E-state index contributed by atoms with van der Waals surface area (Å²) < 4.78 is 0. The maximum absolute atomic E-state index is 14.0. The number of carbonyl (C=O) groups is 3. The first kappa shape index (κ1) is 31.4. The van der Waals surface area contributed by atoms with E-state index in [1.54, 1.807) is 17.9 Å². The van der Waals surface area contributed by atoms with Crippen molar-refractivity contribution in [3.63, 3.8) is 0 Å². The van der Waals surface area contributed by atoms with Gasteiger partial charge in [-0.05, 0) is 56.9 Å². The molecule has 0 spiro atoms. The molecule has 1 saturated heterocycles. The number of fused-ring (bicyclic) bond motifs is 3. The topological polar surface area (TPSA) is 223 Å². The number of hydrogen-bond acceptors (Lipinski definition) is 13. The number of rotatable bonds is 7. The molecule has 1 unspecified atom stereocenters. The van der Waals surface area contributed by atoms with Crippen LogP contribution in [0.4, 0.5) is 0 Å². The van der Waals surface area contributed by atoms with Crippen molar-refractivity contribution in [2.24, 2.45) is 17.8 Å². The van der Waals surface area contributed by atoms with Gasteiger partial charge in [0.15, 0.2) is 11.4 Å². The largest absolute Gasteiger partial charge is 0.510 e. The number of hydrogen-bond donors (Lipinski definition) is 6. The average Bonchev–Trinajstić information content (AvgIpc) is 2.97. The molecule has 44 heavy (non-hydrogen) atoms. The van der Waals surface area contributed by atoms with E-state index in [-0.39, 0.29) is 30.5 Å². The highest BCUT2D eigenvalue weighted by molar-refractivity contribution is 6.25. The lowest BCUT2D eigenvalue weighted by Gasteiger charge is -2.53. The zero-order valence-corrected chi connectivity index (χ0v) is 24.5. The number of piperidine rings is 1. The average molecular weight is 617 g/mol. The van der Waals surface area contributed by atoms with E-state index in [0.29, 0.717) is 31.5 Å². The summed E-state index contributed by atoms with van der Waals surface area (Å²) in [6.45, 7) is 2.35. The molecule has 0 radical (unpaired) electrons. The predicted molar refractivity (Wildman–Crippen MR) is 151 cm³/mol. The van der Waals surface area contributed by atoms with E-state index in [9.17, 15) is 50.0 Å². The fourth-order valence-electron chi connectivity index (χ4n) is 7.43. The van der Waals surface area contributed by atoms with Crippen LogP contribution in [0.1, 0.15) is 41.6 Å². The van der Waals surface area contributed by atoms with E-state index in [1.807, 2.05) is 0 Å². The number of likely N-dealkylation sites (N-methyl/N-ethyl adjacent to an activating group) is 1. The number of benzene rings is 1. The monoisotopic (exact) mass is 616 g/mol. The van der Waals surface area contributed by atoms with E-state index >= 15 is 0 Å². The SMILES string of the molecule is C[C@H]1c2cccc(O)c2C(=O)C2=C(O)[C@]3(O)C(=O)C(C(=O)NCN4CCCC(CO[N+](=O)[O-])C4)=C(O)[C@@H](N(C)C)[C@@H]3[C@@H](O)[C@@H]21. The molecule has 15 nitrogen and oxygen atoms in total. The Morgan fingerprint density at radius 2 is 1.95 bits per heavy atom. The van der Waals surface area contributed by atoms with Crippen molar-refractivity contribution < 1.29 is 49.8 Å². The van der Waals surface area contributed by atoms with Crippen LogP contribution < -0.4 is 5.32 Å². The Hall–Kier alpha value is -4.05. The summed E-state index contributed by atoms with van der Waals surface area (Å²) in [6.07, 6.45) is -0.293. The van der Waals surface area contributed by atoms with E-state index in [0.717, 1.165) is 0 Å². The first-order chi connectivity index (χ1) is 20.7. The number of nitrogens with zero attached hydrogens (tertiary/aromatic N) is 3. The third-order valence-corrected chi connectivity index (χ3v) is 9.46. The van der Waals surface area contributed by atoms with E-state index in [1.165, 1.54) is 31.1 Å². The first-order valence-corrected chi connectivity index (χ1v) is 14.3. The molecular weight excluding hydrogens is 580 g/mol. The van der Waals surface area contributed by atoms with Crippen LogP contribution in [-0.4, -0.2) is 116 Å². The highest BCUT2D eigenvalue weighted by atomic mass is 16.9. The summed E-state index contributed by atoms with van der Waals surface area (Å²) in [6, 6.07) is 3.10. The fraction of sp³-hybridized carbons (Fsp3) is 0.552. The third-order valence-electron chi connectivity index (χ3n) is 9.46. The number of amides is 1. The normalized spacial score (nSPS) is 32.2. The van der Waals surface area contributed by atoms with E-state index < -0.39 is 80.7 Å². The van der Waals surface area contributed by atoms with Gasteiger partial charge in [-0.2, -0.15) is 0 Å². The summed E-state index contributed by atoms with van der Waals surface area (Å²) in [4.78, 5) is 59.3. The summed E-state index contributed by atoms with van der Waals surface area (Å²) in [5.74, 6) is -8.95. The van der Waals surface area contributed by atoms with Crippen LogP contribution >= 0.6 is 0 Å². The molecule has 1 aromatic rings. The van der Waals surface area contributed by atoms with Crippen molar-refractivity contribution >= 4 is 17.5 Å². The number of nitrogens with one attached hydrogen (secondary N) is 1. The molecule has 238 valence electrons. The molecule has 0 aromatic heterocycles. The predicted octanol–water partition coefficient (Wildman–Crippen LogP) is 0.161. The van der Waals surface area contributed by atoms with Crippen molar-refractivity contribution in [1.29, 1.82) is 0 Å². The fourth-order valence-corrected chi connectivity index (χ4v) is 7.43. The second-order valence-electron chi connectivity index (χ2n) is 12.2. The molecule has 0 saturated carbocycles. The van der Waals surface area contributed by atoms with Crippen molar-refractivity contribution in [1.82, 2.24) is 15.1 Å². The number of carbonyl (C=O) groups excluding carboxylic acids is 3. The van der Waals surface area contributed by atoms with Crippen LogP contribution in [0.25, 0.3) is 0 Å². The minimum absolute atomic E-state index is 0.101. The zero-order valence-electron chi connectivity index (χ0n) is 24.5. The second kappa shape index (κ2) is 11.5. The summed E-state index contributed by atoms with van der Waals surface area (Å²) >= 11 is 0. The van der Waals surface area contributed by atoms with Gasteiger partial charge < -0.3 is 35.7 Å². The summed E-state index contributed by atoms with van der Waals surface area (Å²) in [5.41, 5.74) is -3.97. The lowest BCUT2D eigenvalue weighted by atomic mass is 9.55.